The van der Waals surface area contributed by atoms with Crippen LogP contribution in [0.15, 0.2) is 4.74 Å². The van der Waals surface area contributed by atoms with Gasteiger partial charge < -0.3 is 0 Å². The molecule has 3 nitrogen and oxygen atoms in total. The number of fused-ring (bicyclic) bond motifs is 2. The normalized spacial score (nSPS) is 47.2. The van der Waals surface area contributed by atoms with E-state index in [0.29, 0.717) is 11.7 Å². The summed E-state index contributed by atoms with van der Waals surface area (Å²) in [6.45, 7) is 0. The highest BCUT2D eigenvalue weighted by molar-refractivity contribution is 7.62. The quantitative estimate of drug-likeness (QED) is 0.309. The van der Waals surface area contributed by atoms with Crippen molar-refractivity contribution in [1.29, 1.82) is 0 Å². The predicted octanol–water partition coefficient (Wildman–Crippen LogP) is 2.30. The van der Waals surface area contributed by atoms with Gasteiger partial charge in [-0.15, -0.1) is 0 Å². The molecule has 56 valence electrons. The maximum Gasteiger partial charge on any atom is 0.281 e. The molecule has 4 heteroatoms. The number of nitrogens with zero attached hydrogens (tertiary/aromatic N) is 1. The smallest absolute Gasteiger partial charge is 0.245 e. The summed E-state index contributed by atoms with van der Waals surface area (Å²) in [6.07, 6.45) is 5.27. The second kappa shape index (κ2) is 1.66. The van der Waals surface area contributed by atoms with E-state index in [1.807, 2.05) is 0 Å². The molecule has 1 aliphatic carbocycles. The second-order valence-corrected chi connectivity index (χ2v) is 5.57. The summed E-state index contributed by atoms with van der Waals surface area (Å²) in [4.78, 5) is 0. The summed E-state index contributed by atoms with van der Waals surface area (Å²) in [7, 11) is -1.47. The summed E-state index contributed by atoms with van der Waals surface area (Å²) in [5.41, 5.74) is 0.709. The van der Waals surface area contributed by atoms with Gasteiger partial charge in [0.15, 0.2) is 0 Å². The largest absolute Gasteiger partial charge is 0.281 e. The molecule has 2 heterocycles. The topological polar surface area (TPSA) is 37.4 Å². The lowest BCUT2D eigenvalue weighted by atomic mass is 9.95. The fourth-order valence-corrected chi connectivity index (χ4v) is 4.39. The Balaban J connectivity index is 1.92. The monoisotopic (exact) mass is 159 g/mol. The Bertz CT molecular complexity index is 220. The van der Waals surface area contributed by atoms with Crippen molar-refractivity contribution in [3.8, 4) is 0 Å². The number of hydrogen-bond donors (Lipinski definition) is 0. The molecule has 1 saturated carbocycles. The van der Waals surface area contributed by atoms with Gasteiger partial charge >= 0.3 is 0 Å². The summed E-state index contributed by atoms with van der Waals surface area (Å²) in [5, 5.41) is 0. The second-order valence-electron chi connectivity index (χ2n) is 3.25. The molecule has 1 saturated heterocycles. The average molecular weight is 159 g/mol. The lowest BCUT2D eigenvalue weighted by molar-refractivity contribution is 0.0850. The third kappa shape index (κ3) is 0.565. The molecule has 0 N–H and O–H groups in total. The van der Waals surface area contributed by atoms with Crippen LogP contribution in [-0.2, 0) is 9.35 Å². The first-order chi connectivity index (χ1) is 4.91. The predicted molar refractivity (Wildman–Crippen MR) is 37.6 cm³/mol. The third-order valence-corrected chi connectivity index (χ3v) is 5.16. The molecule has 2 atom stereocenters. The van der Waals surface area contributed by atoms with E-state index in [-0.39, 0.29) is 0 Å². The summed E-state index contributed by atoms with van der Waals surface area (Å²) < 4.78 is 14.3. The molecule has 0 aromatic carbocycles. The van der Waals surface area contributed by atoms with Gasteiger partial charge in [0.05, 0.1) is 11.7 Å². The molecule has 2 aliphatic heterocycles. The van der Waals surface area contributed by atoms with E-state index in [9.17, 15) is 0 Å². The molecule has 3 rings (SSSR count). The zero-order valence-electron chi connectivity index (χ0n) is 5.69. The van der Waals surface area contributed by atoms with Gasteiger partial charge in [-0.2, -0.15) is 9.35 Å². The van der Waals surface area contributed by atoms with Gasteiger partial charge in [0, 0.05) is 0 Å². The fraction of sp³-hybridized carbons (Fsp3) is 1.00. The zero-order valence-corrected chi connectivity index (χ0v) is 6.59. The van der Waals surface area contributed by atoms with Crippen LogP contribution >= 0.6 is 7.51 Å². The molecular formula is C6H10NO2P. The van der Waals surface area contributed by atoms with Crippen LogP contribution in [0.1, 0.15) is 25.7 Å². The Kier molecular flexibility index (Phi) is 0.954. The van der Waals surface area contributed by atoms with E-state index in [0.717, 1.165) is 0 Å². The molecule has 1 spiro atoms. The van der Waals surface area contributed by atoms with Crippen LogP contribution in [0.3, 0.4) is 0 Å². The van der Waals surface area contributed by atoms with Crippen LogP contribution in [0, 0.1) is 0 Å². The molecule has 0 amide bonds. The van der Waals surface area contributed by atoms with Crippen molar-refractivity contribution in [3.63, 3.8) is 0 Å². The Morgan fingerprint density at radius 2 is 2.00 bits per heavy atom. The fourth-order valence-electron chi connectivity index (χ4n) is 2.01. The Hall–Kier alpha value is 0.150. The summed E-state index contributed by atoms with van der Waals surface area (Å²) in [5.74, 6) is 0. The van der Waals surface area contributed by atoms with Gasteiger partial charge in [-0.3, -0.25) is 0 Å². The van der Waals surface area contributed by atoms with Crippen molar-refractivity contribution in [1.82, 2.24) is 0 Å². The van der Waals surface area contributed by atoms with Crippen LogP contribution in [0.2, 0.25) is 0 Å². The van der Waals surface area contributed by atoms with Gasteiger partial charge in [0.2, 0.25) is 0 Å². The van der Waals surface area contributed by atoms with Crippen molar-refractivity contribution in [2.75, 3.05) is 0 Å². The highest BCUT2D eigenvalue weighted by Crippen LogP contribution is 2.79. The minimum Gasteiger partial charge on any atom is -0.245 e. The van der Waals surface area contributed by atoms with Crippen LogP contribution in [0.25, 0.3) is 0 Å². The molecule has 2 unspecified atom stereocenters. The van der Waals surface area contributed by atoms with E-state index >= 15 is 0 Å². The lowest BCUT2D eigenvalue weighted by Crippen LogP contribution is -2.32. The Morgan fingerprint density at radius 1 is 1.20 bits per heavy atom. The Labute approximate surface area is 59.9 Å². The molecule has 10 heavy (non-hydrogen) atoms. The molecule has 0 bridgehead atoms. The molecule has 2 fully saturated rings. The minimum absolute atomic E-state index is 0.615. The van der Waals surface area contributed by atoms with Crippen molar-refractivity contribution in [3.05, 3.63) is 0 Å². The van der Waals surface area contributed by atoms with Gasteiger partial charge in [-0.1, -0.05) is 12.8 Å². The van der Waals surface area contributed by atoms with Crippen molar-refractivity contribution in [2.24, 2.45) is 4.74 Å². The molecular weight excluding hydrogens is 149 g/mol. The number of rotatable bonds is 0. The standard InChI is InChI=1S/C6H10NO2P/c1-2-4-6-5(3-1)7-10(6)8-9-10/h5-6H,1-4H2. The SMILES string of the molecule is C1CCC2C(C1)N=P21OO1. The number of hydrogen-bond acceptors (Lipinski definition) is 3. The van der Waals surface area contributed by atoms with E-state index in [2.05, 4.69) is 4.74 Å². The minimum atomic E-state index is -1.47. The van der Waals surface area contributed by atoms with Gasteiger partial charge in [-0.05, 0) is 12.8 Å². The molecule has 0 radical (unpaired) electrons. The first-order valence-electron chi connectivity index (χ1n) is 3.90. The van der Waals surface area contributed by atoms with Crippen LogP contribution in [-0.4, -0.2) is 11.7 Å². The van der Waals surface area contributed by atoms with Crippen molar-refractivity contribution >= 4 is 7.51 Å². The zero-order chi connectivity index (χ0) is 6.60. The van der Waals surface area contributed by atoms with Crippen molar-refractivity contribution < 1.29 is 9.35 Å². The highest BCUT2D eigenvalue weighted by atomic mass is 31.2. The van der Waals surface area contributed by atoms with Gasteiger partial charge in [-0.25, -0.2) is 4.74 Å². The van der Waals surface area contributed by atoms with E-state index in [1.54, 1.807) is 0 Å². The Morgan fingerprint density at radius 3 is 2.70 bits per heavy atom. The molecule has 3 aliphatic rings. The van der Waals surface area contributed by atoms with Crippen molar-refractivity contribution in [2.45, 2.75) is 37.4 Å². The highest BCUT2D eigenvalue weighted by Gasteiger charge is 2.59. The van der Waals surface area contributed by atoms with Gasteiger partial charge in [0.1, 0.15) is 0 Å². The lowest BCUT2D eigenvalue weighted by Gasteiger charge is -2.34. The molecule has 0 aromatic rings. The first kappa shape index (κ1) is 5.76. The summed E-state index contributed by atoms with van der Waals surface area (Å²) in [6, 6.07) is 0.615. The molecule has 0 aromatic heterocycles. The van der Waals surface area contributed by atoms with Crippen LogP contribution < -0.4 is 0 Å². The summed E-state index contributed by atoms with van der Waals surface area (Å²) >= 11 is 0. The maximum absolute atomic E-state index is 4.95. The van der Waals surface area contributed by atoms with Gasteiger partial charge in [0.25, 0.3) is 7.51 Å². The maximum atomic E-state index is 4.95. The first-order valence-corrected chi connectivity index (χ1v) is 5.54. The van der Waals surface area contributed by atoms with Crippen LogP contribution in [0.5, 0.6) is 0 Å². The average Bonchev–Trinajstić information content (AvgIpc) is 2.67. The van der Waals surface area contributed by atoms with E-state index in [4.69, 9.17) is 9.35 Å². The van der Waals surface area contributed by atoms with E-state index < -0.39 is 7.51 Å². The van der Waals surface area contributed by atoms with Crippen LogP contribution in [0.4, 0.5) is 0 Å². The third-order valence-electron chi connectivity index (χ3n) is 2.65. The van der Waals surface area contributed by atoms with E-state index in [1.165, 1.54) is 25.7 Å².